The average molecular weight is 380 g/mol. The average Bonchev–Trinajstić information content (AvgIpc) is 3.57. The van der Waals surface area contributed by atoms with Gasteiger partial charge in [-0.15, -0.1) is 0 Å². The summed E-state index contributed by atoms with van der Waals surface area (Å²) in [5.74, 6) is 1.80. The molecule has 2 aromatic rings. The minimum Gasteiger partial charge on any atom is -0.486 e. The Bertz CT molecular complexity index is 859. The monoisotopic (exact) mass is 380 g/mol. The van der Waals surface area contributed by atoms with Crippen LogP contribution in [0.15, 0.2) is 42.5 Å². The summed E-state index contributed by atoms with van der Waals surface area (Å²) in [5, 5.41) is 5.85. The van der Waals surface area contributed by atoms with Crippen molar-refractivity contribution < 1.29 is 19.1 Å². The van der Waals surface area contributed by atoms with Gasteiger partial charge in [0.1, 0.15) is 13.2 Å². The zero-order chi connectivity index (χ0) is 19.3. The van der Waals surface area contributed by atoms with Gasteiger partial charge in [-0.25, -0.2) is 0 Å². The van der Waals surface area contributed by atoms with E-state index in [4.69, 9.17) is 9.47 Å². The van der Waals surface area contributed by atoms with Crippen molar-refractivity contribution >= 4 is 17.5 Å². The normalized spacial score (nSPS) is 15.0. The van der Waals surface area contributed by atoms with Crippen molar-refractivity contribution in [1.82, 2.24) is 5.32 Å². The number of hydrogen-bond donors (Lipinski definition) is 2. The lowest BCUT2D eigenvalue weighted by Gasteiger charge is -2.18. The number of amides is 2. The molecule has 0 atom stereocenters. The molecule has 6 nitrogen and oxygen atoms in total. The number of aryl methyl sites for hydroxylation is 1. The van der Waals surface area contributed by atoms with Crippen LogP contribution in [0.5, 0.6) is 11.5 Å². The van der Waals surface area contributed by atoms with Crippen molar-refractivity contribution in [3.63, 3.8) is 0 Å². The molecule has 2 N–H and O–H groups in total. The van der Waals surface area contributed by atoms with Crippen LogP contribution in [0.1, 0.15) is 30.4 Å². The molecule has 0 spiro atoms. The Balaban J connectivity index is 1.21. The van der Waals surface area contributed by atoms with Gasteiger partial charge in [-0.05, 0) is 54.7 Å². The fourth-order valence-electron chi connectivity index (χ4n) is 3.09. The van der Waals surface area contributed by atoms with E-state index in [1.807, 2.05) is 42.5 Å². The zero-order valence-corrected chi connectivity index (χ0v) is 15.7. The molecule has 2 aromatic carbocycles. The first-order valence-corrected chi connectivity index (χ1v) is 9.72. The van der Waals surface area contributed by atoms with Gasteiger partial charge in [0.2, 0.25) is 11.8 Å². The van der Waals surface area contributed by atoms with Gasteiger partial charge >= 0.3 is 0 Å². The van der Waals surface area contributed by atoms with E-state index in [0.717, 1.165) is 41.2 Å². The third-order valence-corrected chi connectivity index (χ3v) is 4.91. The third-order valence-electron chi connectivity index (χ3n) is 4.91. The Morgan fingerprint density at radius 1 is 0.929 bits per heavy atom. The molecule has 0 aromatic heterocycles. The minimum atomic E-state index is 0.000928. The Hall–Kier alpha value is -3.02. The van der Waals surface area contributed by atoms with Crippen LogP contribution in [-0.2, 0) is 22.6 Å². The van der Waals surface area contributed by atoms with Crippen LogP contribution < -0.4 is 20.1 Å². The Morgan fingerprint density at radius 2 is 1.64 bits per heavy atom. The van der Waals surface area contributed by atoms with Crippen molar-refractivity contribution in [3.8, 4) is 11.5 Å². The number of carbonyl (C=O) groups is 2. The van der Waals surface area contributed by atoms with Crippen LogP contribution in [0.25, 0.3) is 0 Å². The standard InChI is InChI=1S/C22H24N2O4/c25-21(10-4-15-3-9-19-20(13-15)28-12-11-27-19)23-14-16-1-7-18(8-2-16)24-22(26)17-5-6-17/h1-3,7-9,13,17H,4-6,10-12,14H2,(H,23,25)(H,24,26). The number of benzene rings is 2. The highest BCUT2D eigenvalue weighted by molar-refractivity contribution is 5.94. The molecule has 0 unspecified atom stereocenters. The van der Waals surface area contributed by atoms with Crippen molar-refractivity contribution in [2.75, 3.05) is 18.5 Å². The lowest BCUT2D eigenvalue weighted by molar-refractivity contribution is -0.121. The van der Waals surface area contributed by atoms with Gasteiger partial charge in [-0.3, -0.25) is 9.59 Å². The Kier molecular flexibility index (Phi) is 5.46. The highest BCUT2D eigenvalue weighted by Crippen LogP contribution is 2.31. The molecule has 6 heteroatoms. The van der Waals surface area contributed by atoms with E-state index in [-0.39, 0.29) is 17.7 Å². The minimum absolute atomic E-state index is 0.000928. The van der Waals surface area contributed by atoms with Crippen LogP contribution in [0.4, 0.5) is 5.69 Å². The summed E-state index contributed by atoms with van der Waals surface area (Å²) in [7, 11) is 0. The molecule has 4 rings (SSSR count). The smallest absolute Gasteiger partial charge is 0.227 e. The number of nitrogens with one attached hydrogen (secondary N) is 2. The molecule has 0 radical (unpaired) electrons. The number of carbonyl (C=O) groups excluding carboxylic acids is 2. The van der Waals surface area contributed by atoms with Gasteiger partial charge < -0.3 is 20.1 Å². The summed E-state index contributed by atoms with van der Waals surface area (Å²) in [5.41, 5.74) is 2.85. The van der Waals surface area contributed by atoms with Crippen molar-refractivity contribution in [3.05, 3.63) is 53.6 Å². The van der Waals surface area contributed by atoms with E-state index in [2.05, 4.69) is 10.6 Å². The maximum absolute atomic E-state index is 12.1. The molecular weight excluding hydrogens is 356 g/mol. The predicted octanol–water partition coefficient (Wildman–Crippen LogP) is 3.06. The number of ether oxygens (including phenoxy) is 2. The van der Waals surface area contributed by atoms with E-state index in [9.17, 15) is 9.59 Å². The number of anilines is 1. The molecule has 1 aliphatic carbocycles. The molecule has 1 aliphatic heterocycles. The molecular formula is C22H24N2O4. The zero-order valence-electron chi connectivity index (χ0n) is 15.7. The number of rotatable bonds is 7. The molecule has 146 valence electrons. The van der Waals surface area contributed by atoms with E-state index < -0.39 is 0 Å². The Labute approximate surface area is 164 Å². The highest BCUT2D eigenvalue weighted by atomic mass is 16.6. The SMILES string of the molecule is O=C(CCc1ccc2c(c1)OCCO2)NCc1ccc(NC(=O)C2CC2)cc1. The maximum atomic E-state index is 12.1. The molecule has 1 fully saturated rings. The van der Waals surface area contributed by atoms with E-state index >= 15 is 0 Å². The second-order valence-corrected chi connectivity index (χ2v) is 7.22. The first kappa shape index (κ1) is 18.3. The second-order valence-electron chi connectivity index (χ2n) is 7.22. The van der Waals surface area contributed by atoms with Crippen LogP contribution in [-0.4, -0.2) is 25.0 Å². The van der Waals surface area contributed by atoms with Gasteiger partial charge in [-0.1, -0.05) is 18.2 Å². The summed E-state index contributed by atoms with van der Waals surface area (Å²) in [4.78, 5) is 23.9. The maximum Gasteiger partial charge on any atom is 0.227 e. The molecule has 2 aliphatic rings. The highest BCUT2D eigenvalue weighted by Gasteiger charge is 2.29. The first-order chi connectivity index (χ1) is 13.7. The summed E-state index contributed by atoms with van der Waals surface area (Å²) in [6.45, 7) is 1.60. The quantitative estimate of drug-likeness (QED) is 0.774. The van der Waals surface area contributed by atoms with Crippen molar-refractivity contribution in [2.24, 2.45) is 5.92 Å². The summed E-state index contributed by atoms with van der Waals surface area (Å²) < 4.78 is 11.1. The van der Waals surface area contributed by atoms with Gasteiger partial charge in [-0.2, -0.15) is 0 Å². The molecule has 28 heavy (non-hydrogen) atoms. The van der Waals surface area contributed by atoms with Gasteiger partial charge in [0.05, 0.1) is 0 Å². The summed E-state index contributed by atoms with van der Waals surface area (Å²) in [6, 6.07) is 13.4. The van der Waals surface area contributed by atoms with Crippen molar-refractivity contribution in [2.45, 2.75) is 32.2 Å². The molecule has 1 saturated carbocycles. The summed E-state index contributed by atoms with van der Waals surface area (Å²) in [6.07, 6.45) is 3.04. The fraction of sp³-hybridized carbons (Fsp3) is 0.364. The van der Waals surface area contributed by atoms with Crippen molar-refractivity contribution in [1.29, 1.82) is 0 Å². The van der Waals surface area contributed by atoms with E-state index in [0.29, 0.717) is 32.6 Å². The molecule has 0 bridgehead atoms. The third kappa shape index (κ3) is 4.82. The molecule has 1 heterocycles. The van der Waals surface area contributed by atoms with E-state index in [1.54, 1.807) is 0 Å². The molecule has 0 saturated heterocycles. The topological polar surface area (TPSA) is 76.7 Å². The van der Waals surface area contributed by atoms with Crippen LogP contribution in [0.2, 0.25) is 0 Å². The van der Waals surface area contributed by atoms with Gasteiger partial charge in [0.25, 0.3) is 0 Å². The lowest BCUT2D eigenvalue weighted by atomic mass is 10.1. The number of hydrogen-bond acceptors (Lipinski definition) is 4. The van der Waals surface area contributed by atoms with Crippen LogP contribution >= 0.6 is 0 Å². The fourth-order valence-corrected chi connectivity index (χ4v) is 3.09. The van der Waals surface area contributed by atoms with Crippen LogP contribution in [0.3, 0.4) is 0 Å². The number of fused-ring (bicyclic) bond motifs is 1. The summed E-state index contributed by atoms with van der Waals surface area (Å²) >= 11 is 0. The van der Waals surface area contributed by atoms with Gasteiger partial charge in [0.15, 0.2) is 11.5 Å². The Morgan fingerprint density at radius 3 is 2.39 bits per heavy atom. The van der Waals surface area contributed by atoms with E-state index in [1.165, 1.54) is 0 Å². The first-order valence-electron chi connectivity index (χ1n) is 9.72. The van der Waals surface area contributed by atoms with Gasteiger partial charge in [0, 0.05) is 24.6 Å². The second kappa shape index (κ2) is 8.33. The largest absolute Gasteiger partial charge is 0.486 e. The predicted molar refractivity (Wildman–Crippen MR) is 105 cm³/mol. The molecule has 2 amide bonds. The lowest BCUT2D eigenvalue weighted by Crippen LogP contribution is -2.23. The van der Waals surface area contributed by atoms with Crippen LogP contribution in [0, 0.1) is 5.92 Å².